The minimum atomic E-state index is -0.0603. The lowest BCUT2D eigenvalue weighted by Crippen LogP contribution is -2.38. The molecule has 7 heteroatoms. The molecule has 0 radical (unpaired) electrons. The van der Waals surface area contributed by atoms with Crippen molar-refractivity contribution in [1.29, 1.82) is 0 Å². The molecule has 0 saturated carbocycles. The van der Waals surface area contributed by atoms with Crippen LogP contribution in [-0.2, 0) is 22.7 Å². The molecule has 0 bridgehead atoms. The molecular formula is C15H25N3O3S. The van der Waals surface area contributed by atoms with Crippen LogP contribution in [0.2, 0.25) is 0 Å². The number of aliphatic hydroxyl groups is 1. The fourth-order valence-corrected chi connectivity index (χ4v) is 3.46. The van der Waals surface area contributed by atoms with Gasteiger partial charge >= 0.3 is 0 Å². The Kier molecular flexibility index (Phi) is 6.72. The van der Waals surface area contributed by atoms with E-state index in [0.717, 1.165) is 42.7 Å². The first-order valence-electron chi connectivity index (χ1n) is 7.70. The molecule has 2 heterocycles. The van der Waals surface area contributed by atoms with Gasteiger partial charge in [0.1, 0.15) is 0 Å². The first-order chi connectivity index (χ1) is 10.7. The molecule has 1 amide bonds. The zero-order valence-corrected chi connectivity index (χ0v) is 14.1. The highest BCUT2D eigenvalue weighted by Crippen LogP contribution is 2.21. The number of rotatable bonds is 7. The van der Waals surface area contributed by atoms with E-state index in [4.69, 9.17) is 4.74 Å². The summed E-state index contributed by atoms with van der Waals surface area (Å²) in [6.45, 7) is 5.08. The number of hydrogen-bond acceptors (Lipinski definition) is 5. The highest BCUT2D eigenvalue weighted by atomic mass is 32.2. The van der Waals surface area contributed by atoms with Gasteiger partial charge in [0.25, 0.3) is 0 Å². The summed E-state index contributed by atoms with van der Waals surface area (Å²) >= 11 is 1.43. The predicted molar refractivity (Wildman–Crippen MR) is 85.7 cm³/mol. The number of methoxy groups -OCH3 is 1. The molecule has 0 aromatic carbocycles. The van der Waals surface area contributed by atoms with Gasteiger partial charge in [0.05, 0.1) is 30.9 Å². The number of ether oxygens (including phenoxy) is 1. The fourth-order valence-electron chi connectivity index (χ4n) is 2.53. The summed E-state index contributed by atoms with van der Waals surface area (Å²) in [6, 6.07) is 0. The number of hydrogen-bond donors (Lipinski definition) is 1. The Labute approximate surface area is 135 Å². The SMILES string of the molecule is COCCn1c(CO)cnc1SCC(=O)N1CCC(C)CC1. The summed E-state index contributed by atoms with van der Waals surface area (Å²) in [5.41, 5.74) is 0.749. The van der Waals surface area contributed by atoms with Crippen molar-refractivity contribution in [3.05, 3.63) is 11.9 Å². The van der Waals surface area contributed by atoms with Crippen LogP contribution in [0.4, 0.5) is 0 Å². The topological polar surface area (TPSA) is 67.6 Å². The molecular weight excluding hydrogens is 302 g/mol. The second-order valence-electron chi connectivity index (χ2n) is 5.69. The van der Waals surface area contributed by atoms with Gasteiger partial charge < -0.3 is 19.3 Å². The number of thioether (sulfide) groups is 1. The summed E-state index contributed by atoms with van der Waals surface area (Å²) in [5.74, 6) is 1.28. The number of amides is 1. The first-order valence-corrected chi connectivity index (χ1v) is 8.69. The molecule has 6 nitrogen and oxygen atoms in total. The van der Waals surface area contributed by atoms with Crippen LogP contribution in [0, 0.1) is 5.92 Å². The molecule has 2 rings (SSSR count). The van der Waals surface area contributed by atoms with Crippen molar-refractivity contribution < 1.29 is 14.6 Å². The number of carbonyl (C=O) groups is 1. The molecule has 0 atom stereocenters. The third-order valence-electron chi connectivity index (χ3n) is 4.04. The molecule has 0 aliphatic carbocycles. The van der Waals surface area contributed by atoms with E-state index in [1.807, 2.05) is 9.47 Å². The highest BCUT2D eigenvalue weighted by molar-refractivity contribution is 7.99. The molecule has 0 spiro atoms. The number of likely N-dealkylation sites (tertiary alicyclic amines) is 1. The van der Waals surface area contributed by atoms with Gasteiger partial charge in [-0.3, -0.25) is 4.79 Å². The second-order valence-corrected chi connectivity index (χ2v) is 6.63. The third-order valence-corrected chi connectivity index (χ3v) is 5.02. The van der Waals surface area contributed by atoms with Crippen LogP contribution in [0.1, 0.15) is 25.5 Å². The Morgan fingerprint density at radius 1 is 1.50 bits per heavy atom. The van der Waals surface area contributed by atoms with Crippen LogP contribution in [0.3, 0.4) is 0 Å². The van der Waals surface area contributed by atoms with E-state index in [1.54, 1.807) is 13.3 Å². The lowest BCUT2D eigenvalue weighted by atomic mass is 9.99. The molecule has 124 valence electrons. The van der Waals surface area contributed by atoms with E-state index in [2.05, 4.69) is 11.9 Å². The van der Waals surface area contributed by atoms with Gasteiger partial charge in [-0.25, -0.2) is 4.98 Å². The molecule has 1 saturated heterocycles. The van der Waals surface area contributed by atoms with Crippen molar-refractivity contribution in [3.63, 3.8) is 0 Å². The van der Waals surface area contributed by atoms with Gasteiger partial charge in [-0.05, 0) is 18.8 Å². The smallest absolute Gasteiger partial charge is 0.233 e. The summed E-state index contributed by atoms with van der Waals surface area (Å²) in [4.78, 5) is 18.5. The van der Waals surface area contributed by atoms with Crippen LogP contribution in [0.25, 0.3) is 0 Å². The normalized spacial score (nSPS) is 16.2. The summed E-state index contributed by atoms with van der Waals surface area (Å²) in [6.07, 6.45) is 3.84. The third kappa shape index (κ3) is 4.47. The Balaban J connectivity index is 1.90. The molecule has 1 aromatic heterocycles. The standard InChI is InChI=1S/C15H25N3O3S/c1-12-3-5-17(6-4-12)14(20)11-22-15-16-9-13(10-19)18(15)7-8-21-2/h9,12,19H,3-8,10-11H2,1-2H3. The van der Waals surface area contributed by atoms with Gasteiger partial charge in [-0.1, -0.05) is 18.7 Å². The van der Waals surface area contributed by atoms with Crippen LogP contribution >= 0.6 is 11.8 Å². The Morgan fingerprint density at radius 2 is 2.23 bits per heavy atom. The van der Waals surface area contributed by atoms with Gasteiger partial charge in [-0.15, -0.1) is 0 Å². The Morgan fingerprint density at radius 3 is 2.86 bits per heavy atom. The number of aromatic nitrogens is 2. The molecule has 1 aliphatic rings. The average molecular weight is 327 g/mol. The van der Waals surface area contributed by atoms with Crippen molar-refractivity contribution in [3.8, 4) is 0 Å². The Bertz CT molecular complexity index is 484. The van der Waals surface area contributed by atoms with E-state index >= 15 is 0 Å². The zero-order chi connectivity index (χ0) is 15.9. The maximum Gasteiger partial charge on any atom is 0.233 e. The van der Waals surface area contributed by atoms with Crippen LogP contribution < -0.4 is 0 Å². The van der Waals surface area contributed by atoms with Gasteiger partial charge in [0, 0.05) is 26.7 Å². The maximum absolute atomic E-state index is 12.3. The van der Waals surface area contributed by atoms with Crippen molar-refractivity contribution in [2.75, 3.05) is 32.6 Å². The average Bonchev–Trinajstić information content (AvgIpc) is 2.93. The Hall–Kier alpha value is -1.05. The minimum Gasteiger partial charge on any atom is -0.390 e. The monoisotopic (exact) mass is 327 g/mol. The summed E-state index contributed by atoms with van der Waals surface area (Å²) in [5, 5.41) is 10.1. The largest absolute Gasteiger partial charge is 0.390 e. The molecule has 1 aromatic rings. The summed E-state index contributed by atoms with van der Waals surface area (Å²) < 4.78 is 7.00. The van der Waals surface area contributed by atoms with E-state index in [-0.39, 0.29) is 12.5 Å². The minimum absolute atomic E-state index is 0.0603. The quantitative estimate of drug-likeness (QED) is 0.766. The number of aliphatic hydroxyl groups excluding tert-OH is 1. The van der Waals surface area contributed by atoms with Crippen molar-refractivity contribution in [1.82, 2.24) is 14.5 Å². The molecule has 22 heavy (non-hydrogen) atoms. The zero-order valence-electron chi connectivity index (χ0n) is 13.3. The number of nitrogens with zero attached hydrogens (tertiary/aromatic N) is 3. The van der Waals surface area contributed by atoms with Crippen LogP contribution in [-0.4, -0.2) is 58.0 Å². The van der Waals surface area contributed by atoms with E-state index < -0.39 is 0 Å². The van der Waals surface area contributed by atoms with Gasteiger partial charge in [0.15, 0.2) is 5.16 Å². The van der Waals surface area contributed by atoms with E-state index in [9.17, 15) is 9.90 Å². The van der Waals surface area contributed by atoms with Gasteiger partial charge in [-0.2, -0.15) is 0 Å². The molecule has 1 aliphatic heterocycles. The molecule has 1 N–H and O–H groups in total. The predicted octanol–water partition coefficient (Wildman–Crippen LogP) is 1.37. The fraction of sp³-hybridized carbons (Fsp3) is 0.733. The summed E-state index contributed by atoms with van der Waals surface area (Å²) in [7, 11) is 1.64. The second kappa shape index (κ2) is 8.55. The van der Waals surface area contributed by atoms with Gasteiger partial charge in [0.2, 0.25) is 5.91 Å². The molecule has 0 unspecified atom stereocenters. The van der Waals surface area contributed by atoms with Crippen molar-refractivity contribution in [2.24, 2.45) is 5.92 Å². The highest BCUT2D eigenvalue weighted by Gasteiger charge is 2.21. The van der Waals surface area contributed by atoms with Crippen molar-refractivity contribution in [2.45, 2.75) is 38.1 Å². The molecule has 1 fully saturated rings. The lowest BCUT2D eigenvalue weighted by Gasteiger charge is -2.30. The first kappa shape index (κ1) is 17.3. The lowest BCUT2D eigenvalue weighted by molar-refractivity contribution is -0.129. The number of piperidine rings is 1. The van der Waals surface area contributed by atoms with E-state index in [0.29, 0.717) is 18.9 Å². The number of imidazole rings is 1. The maximum atomic E-state index is 12.3. The van der Waals surface area contributed by atoms with E-state index in [1.165, 1.54) is 11.8 Å². The van der Waals surface area contributed by atoms with Crippen molar-refractivity contribution >= 4 is 17.7 Å². The van der Waals surface area contributed by atoms with Crippen LogP contribution in [0.5, 0.6) is 0 Å². The number of carbonyl (C=O) groups excluding carboxylic acids is 1. The van der Waals surface area contributed by atoms with Crippen LogP contribution in [0.15, 0.2) is 11.4 Å².